The molecule has 0 saturated carbocycles. The molecule has 0 atom stereocenters. The Morgan fingerprint density at radius 1 is 1.26 bits per heavy atom. The first kappa shape index (κ1) is 22.0. The molecule has 0 saturated heterocycles. The molecule has 1 rings (SSSR count). The van der Waals surface area contributed by atoms with Gasteiger partial charge in [-0.3, -0.25) is 0 Å². The smallest absolute Gasteiger partial charge is 0.189 e. The van der Waals surface area contributed by atoms with E-state index in [2.05, 4.69) is 10.3 Å². The first-order valence-corrected chi connectivity index (χ1v) is 7.70. The summed E-state index contributed by atoms with van der Waals surface area (Å²) in [6.07, 6.45) is 0. The number of aliphatic imine (C=N–C) groups is 1. The Bertz CT molecular complexity index is 499. The van der Waals surface area contributed by atoms with Gasteiger partial charge in [0.05, 0.1) is 13.2 Å². The molecule has 0 aliphatic carbocycles. The third-order valence-corrected chi connectivity index (χ3v) is 2.83. The van der Waals surface area contributed by atoms with E-state index in [9.17, 15) is 0 Å². The highest BCUT2D eigenvalue weighted by Crippen LogP contribution is 2.21. The zero-order valence-corrected chi connectivity index (χ0v) is 17.1. The Hall–Kier alpha value is -1.02. The molecule has 0 fully saturated rings. The largest absolute Gasteiger partial charge is 0.491 e. The van der Waals surface area contributed by atoms with E-state index in [1.54, 1.807) is 0 Å². The lowest BCUT2D eigenvalue weighted by atomic mass is 10.1. The minimum absolute atomic E-state index is 0. The molecule has 0 spiro atoms. The number of hydrogen-bond acceptors (Lipinski definition) is 3. The minimum Gasteiger partial charge on any atom is -0.491 e. The van der Waals surface area contributed by atoms with Crippen molar-refractivity contribution < 1.29 is 9.47 Å². The van der Waals surface area contributed by atoms with Gasteiger partial charge in [0.25, 0.3) is 0 Å². The average molecular weight is 435 g/mol. The molecule has 0 unspecified atom stereocenters. The molecular weight excluding hydrogens is 405 g/mol. The second kappa shape index (κ2) is 10.7. The fraction of sp³-hybridized carbons (Fsp3) is 0.588. The lowest BCUT2D eigenvalue weighted by molar-refractivity contribution is 0.110. The van der Waals surface area contributed by atoms with Crippen LogP contribution in [-0.2, 0) is 11.3 Å². The normalized spacial score (nSPS) is 11.8. The minimum atomic E-state index is -0.0995. The van der Waals surface area contributed by atoms with Gasteiger partial charge in [0.2, 0.25) is 0 Å². The van der Waals surface area contributed by atoms with Crippen molar-refractivity contribution in [2.45, 2.75) is 46.7 Å². The highest BCUT2D eigenvalue weighted by atomic mass is 127. The topological polar surface area (TPSA) is 68.9 Å². The van der Waals surface area contributed by atoms with Gasteiger partial charge in [-0.1, -0.05) is 12.1 Å². The summed E-state index contributed by atoms with van der Waals surface area (Å²) in [5, 5.41) is 3.15. The summed E-state index contributed by atoms with van der Waals surface area (Å²) >= 11 is 0. The predicted molar refractivity (Wildman–Crippen MR) is 107 cm³/mol. The number of nitrogens with two attached hydrogens (primary N) is 1. The molecule has 0 amide bonds. The fourth-order valence-electron chi connectivity index (χ4n) is 1.88. The number of nitrogens with one attached hydrogen (secondary N) is 1. The first-order valence-electron chi connectivity index (χ1n) is 7.70. The van der Waals surface area contributed by atoms with E-state index in [1.807, 2.05) is 52.8 Å². The van der Waals surface area contributed by atoms with Gasteiger partial charge in [-0.05, 0) is 46.2 Å². The number of guanidine groups is 1. The molecule has 3 N–H and O–H groups in total. The van der Waals surface area contributed by atoms with E-state index in [1.165, 1.54) is 0 Å². The molecule has 0 radical (unpaired) electrons. The van der Waals surface area contributed by atoms with Gasteiger partial charge in [0, 0.05) is 17.7 Å². The van der Waals surface area contributed by atoms with Crippen LogP contribution in [0, 0.1) is 6.92 Å². The second-order valence-electron chi connectivity index (χ2n) is 6.23. The maximum absolute atomic E-state index is 5.91. The third-order valence-electron chi connectivity index (χ3n) is 2.83. The molecule has 0 aliphatic heterocycles. The van der Waals surface area contributed by atoms with Gasteiger partial charge in [-0.15, -0.1) is 24.0 Å². The fourth-order valence-corrected chi connectivity index (χ4v) is 1.88. The number of rotatable bonds is 7. The molecular formula is C17H30IN3O2. The van der Waals surface area contributed by atoms with Gasteiger partial charge in [0.1, 0.15) is 12.4 Å². The van der Waals surface area contributed by atoms with Gasteiger partial charge < -0.3 is 20.5 Å². The standard InChI is InChI=1S/C17H29N3O2.HI/c1-6-21-9-10-22-15-11-13(2)7-8-14(15)12-19-16(18)20-17(3,4)5;/h7-8,11H,6,9-10,12H2,1-5H3,(H3,18,19,20);1H. The number of benzene rings is 1. The molecule has 23 heavy (non-hydrogen) atoms. The van der Waals surface area contributed by atoms with Crippen LogP contribution in [0.15, 0.2) is 23.2 Å². The van der Waals surface area contributed by atoms with Gasteiger partial charge >= 0.3 is 0 Å². The summed E-state index contributed by atoms with van der Waals surface area (Å²) in [6.45, 7) is 12.4. The van der Waals surface area contributed by atoms with E-state index >= 15 is 0 Å². The van der Waals surface area contributed by atoms with Crippen molar-refractivity contribution in [2.24, 2.45) is 10.7 Å². The number of hydrogen-bond donors (Lipinski definition) is 2. The summed E-state index contributed by atoms with van der Waals surface area (Å²) in [4.78, 5) is 4.39. The Morgan fingerprint density at radius 3 is 2.57 bits per heavy atom. The monoisotopic (exact) mass is 435 g/mol. The van der Waals surface area contributed by atoms with Crippen molar-refractivity contribution in [3.8, 4) is 5.75 Å². The summed E-state index contributed by atoms with van der Waals surface area (Å²) in [5.41, 5.74) is 7.97. The maximum Gasteiger partial charge on any atom is 0.189 e. The van der Waals surface area contributed by atoms with Crippen LogP contribution in [0.25, 0.3) is 0 Å². The Kier molecular flexibility index (Phi) is 10.2. The van der Waals surface area contributed by atoms with Crippen LogP contribution >= 0.6 is 24.0 Å². The van der Waals surface area contributed by atoms with Crippen LogP contribution in [0.1, 0.15) is 38.8 Å². The summed E-state index contributed by atoms with van der Waals surface area (Å²) in [7, 11) is 0. The van der Waals surface area contributed by atoms with Crippen LogP contribution in [-0.4, -0.2) is 31.3 Å². The number of nitrogens with zero attached hydrogens (tertiary/aromatic N) is 1. The van der Waals surface area contributed by atoms with Crippen molar-refractivity contribution in [2.75, 3.05) is 19.8 Å². The van der Waals surface area contributed by atoms with E-state index in [4.69, 9.17) is 15.2 Å². The zero-order chi connectivity index (χ0) is 16.6. The van der Waals surface area contributed by atoms with Crippen molar-refractivity contribution in [1.29, 1.82) is 0 Å². The predicted octanol–water partition coefficient (Wildman–Crippen LogP) is 3.23. The molecule has 0 bridgehead atoms. The summed E-state index contributed by atoms with van der Waals surface area (Å²) in [6, 6.07) is 6.09. The average Bonchev–Trinajstić information content (AvgIpc) is 2.41. The second-order valence-corrected chi connectivity index (χ2v) is 6.23. The molecule has 1 aromatic carbocycles. The van der Waals surface area contributed by atoms with E-state index in [-0.39, 0.29) is 29.5 Å². The van der Waals surface area contributed by atoms with Gasteiger partial charge in [0.15, 0.2) is 5.96 Å². The Morgan fingerprint density at radius 2 is 1.96 bits per heavy atom. The maximum atomic E-state index is 5.91. The quantitative estimate of drug-likeness (QED) is 0.299. The molecule has 6 heteroatoms. The van der Waals surface area contributed by atoms with E-state index in [0.29, 0.717) is 32.3 Å². The van der Waals surface area contributed by atoms with Gasteiger partial charge in [-0.2, -0.15) is 0 Å². The molecule has 0 aliphatic rings. The van der Waals surface area contributed by atoms with Crippen molar-refractivity contribution in [1.82, 2.24) is 5.32 Å². The summed E-state index contributed by atoms with van der Waals surface area (Å²) < 4.78 is 11.1. The Labute approximate surface area is 157 Å². The van der Waals surface area contributed by atoms with E-state index in [0.717, 1.165) is 16.9 Å². The molecule has 0 heterocycles. The lowest BCUT2D eigenvalue weighted by Gasteiger charge is -2.21. The van der Waals surface area contributed by atoms with Crippen LogP contribution < -0.4 is 15.8 Å². The highest BCUT2D eigenvalue weighted by Gasteiger charge is 2.10. The van der Waals surface area contributed by atoms with Crippen molar-refractivity contribution in [3.63, 3.8) is 0 Å². The zero-order valence-electron chi connectivity index (χ0n) is 14.8. The number of aryl methyl sites for hydroxylation is 1. The van der Waals surface area contributed by atoms with E-state index < -0.39 is 0 Å². The van der Waals surface area contributed by atoms with Crippen molar-refractivity contribution in [3.05, 3.63) is 29.3 Å². The van der Waals surface area contributed by atoms with Crippen LogP contribution in [0.5, 0.6) is 5.75 Å². The SMILES string of the molecule is CCOCCOc1cc(C)ccc1CN=C(N)NC(C)(C)C.I. The number of ether oxygens (including phenoxy) is 2. The molecule has 5 nitrogen and oxygen atoms in total. The van der Waals surface area contributed by atoms with Crippen LogP contribution in [0.3, 0.4) is 0 Å². The molecule has 0 aromatic heterocycles. The third kappa shape index (κ3) is 9.65. The van der Waals surface area contributed by atoms with Crippen LogP contribution in [0.2, 0.25) is 0 Å². The molecule has 1 aromatic rings. The van der Waals surface area contributed by atoms with Gasteiger partial charge in [-0.25, -0.2) is 4.99 Å². The Balaban J connectivity index is 0.00000484. The first-order chi connectivity index (χ1) is 10.3. The molecule has 132 valence electrons. The summed E-state index contributed by atoms with van der Waals surface area (Å²) in [5.74, 6) is 1.28. The van der Waals surface area contributed by atoms with Crippen molar-refractivity contribution >= 4 is 29.9 Å². The number of halogens is 1. The highest BCUT2D eigenvalue weighted by molar-refractivity contribution is 14.0. The van der Waals surface area contributed by atoms with Crippen LogP contribution in [0.4, 0.5) is 0 Å². The lowest BCUT2D eigenvalue weighted by Crippen LogP contribution is -2.44.